The third-order valence-electron chi connectivity index (χ3n) is 3.89. The highest BCUT2D eigenvalue weighted by molar-refractivity contribution is 5.98. The first-order valence-corrected chi connectivity index (χ1v) is 6.66. The number of fused-ring (bicyclic) bond motifs is 1. The Balaban J connectivity index is 1.94. The van der Waals surface area contributed by atoms with Gasteiger partial charge in [-0.3, -0.25) is 4.98 Å². The van der Waals surface area contributed by atoms with E-state index in [2.05, 4.69) is 23.3 Å². The summed E-state index contributed by atoms with van der Waals surface area (Å²) in [4.78, 5) is 4.12. The predicted molar refractivity (Wildman–Crippen MR) is 78.2 cm³/mol. The lowest BCUT2D eigenvalue weighted by molar-refractivity contribution is 0.0658. The van der Waals surface area contributed by atoms with Gasteiger partial charge < -0.3 is 15.8 Å². The second kappa shape index (κ2) is 4.70. The van der Waals surface area contributed by atoms with Crippen LogP contribution in [0.25, 0.3) is 10.8 Å². The third-order valence-corrected chi connectivity index (χ3v) is 3.89. The van der Waals surface area contributed by atoms with Gasteiger partial charge in [0.2, 0.25) is 0 Å². The van der Waals surface area contributed by atoms with E-state index in [0.717, 1.165) is 48.2 Å². The first-order chi connectivity index (χ1) is 9.18. The summed E-state index contributed by atoms with van der Waals surface area (Å²) in [6.45, 7) is 3.84. The van der Waals surface area contributed by atoms with Gasteiger partial charge in [0.15, 0.2) is 0 Å². The van der Waals surface area contributed by atoms with Gasteiger partial charge in [-0.05, 0) is 31.9 Å². The van der Waals surface area contributed by atoms with Gasteiger partial charge in [0, 0.05) is 41.9 Å². The van der Waals surface area contributed by atoms with E-state index in [1.54, 1.807) is 6.20 Å². The summed E-state index contributed by atoms with van der Waals surface area (Å²) >= 11 is 0. The molecule has 1 aliphatic rings. The summed E-state index contributed by atoms with van der Waals surface area (Å²) in [6, 6.07) is 6.06. The second-order valence-corrected chi connectivity index (χ2v) is 5.42. The molecule has 3 N–H and O–H groups in total. The molecule has 4 heteroatoms. The molecule has 1 fully saturated rings. The van der Waals surface area contributed by atoms with E-state index in [1.807, 2.05) is 18.3 Å². The number of ether oxygens (including phenoxy) is 1. The molecule has 0 radical (unpaired) electrons. The maximum Gasteiger partial charge on any atom is 0.0630 e. The molecule has 1 aromatic carbocycles. The van der Waals surface area contributed by atoms with Crippen molar-refractivity contribution in [2.45, 2.75) is 25.3 Å². The van der Waals surface area contributed by atoms with Crippen molar-refractivity contribution < 1.29 is 4.74 Å². The summed E-state index contributed by atoms with van der Waals surface area (Å²) in [7, 11) is 0. The molecule has 19 heavy (non-hydrogen) atoms. The fraction of sp³-hybridized carbons (Fsp3) is 0.400. The van der Waals surface area contributed by atoms with Gasteiger partial charge in [-0.2, -0.15) is 0 Å². The summed E-state index contributed by atoms with van der Waals surface area (Å²) in [5, 5.41) is 5.72. The van der Waals surface area contributed by atoms with E-state index < -0.39 is 0 Å². The molecule has 1 aromatic heterocycles. The Morgan fingerprint density at radius 3 is 2.84 bits per heavy atom. The zero-order valence-corrected chi connectivity index (χ0v) is 11.1. The average molecular weight is 257 g/mol. The number of nitrogen functional groups attached to an aromatic ring is 1. The number of hydrogen-bond acceptors (Lipinski definition) is 4. The maximum absolute atomic E-state index is 6.27. The van der Waals surface area contributed by atoms with Crippen LogP contribution in [0.3, 0.4) is 0 Å². The second-order valence-electron chi connectivity index (χ2n) is 5.42. The molecule has 0 amide bonds. The third kappa shape index (κ3) is 2.36. The molecule has 0 spiro atoms. The number of nitrogens with zero attached hydrogens (tertiary/aromatic N) is 1. The number of nitrogens with one attached hydrogen (secondary N) is 1. The fourth-order valence-corrected chi connectivity index (χ4v) is 2.57. The predicted octanol–water partition coefficient (Wildman–Crippen LogP) is 2.80. The van der Waals surface area contributed by atoms with Crippen LogP contribution in [0.15, 0.2) is 30.6 Å². The molecule has 100 valence electrons. The molecule has 3 rings (SSSR count). The van der Waals surface area contributed by atoms with E-state index in [4.69, 9.17) is 10.5 Å². The van der Waals surface area contributed by atoms with Gasteiger partial charge in [-0.25, -0.2) is 0 Å². The van der Waals surface area contributed by atoms with Gasteiger partial charge in [0.25, 0.3) is 0 Å². The quantitative estimate of drug-likeness (QED) is 0.812. The molecule has 4 nitrogen and oxygen atoms in total. The molecule has 1 aliphatic heterocycles. The van der Waals surface area contributed by atoms with Crippen molar-refractivity contribution in [3.63, 3.8) is 0 Å². The van der Waals surface area contributed by atoms with Gasteiger partial charge in [-0.1, -0.05) is 6.07 Å². The number of aromatic nitrogens is 1. The molecule has 0 bridgehead atoms. The van der Waals surface area contributed by atoms with E-state index in [1.165, 1.54) is 0 Å². The SMILES string of the molecule is CC1(Nc2ccc3cnccc3c2N)CCOCC1. The molecule has 2 aromatic rings. The summed E-state index contributed by atoms with van der Waals surface area (Å²) in [6.07, 6.45) is 5.62. The molecule has 0 saturated carbocycles. The molecular weight excluding hydrogens is 238 g/mol. The van der Waals surface area contributed by atoms with Crippen LogP contribution in [0.2, 0.25) is 0 Å². The fourth-order valence-electron chi connectivity index (χ4n) is 2.57. The van der Waals surface area contributed by atoms with E-state index in [0.29, 0.717) is 0 Å². The smallest absolute Gasteiger partial charge is 0.0630 e. The number of nitrogens with two attached hydrogens (primary N) is 1. The van der Waals surface area contributed by atoms with Crippen molar-refractivity contribution in [2.75, 3.05) is 24.3 Å². The van der Waals surface area contributed by atoms with E-state index in [-0.39, 0.29) is 5.54 Å². The Bertz CT molecular complexity index is 591. The van der Waals surface area contributed by atoms with Crippen molar-refractivity contribution in [1.29, 1.82) is 0 Å². The van der Waals surface area contributed by atoms with Crippen molar-refractivity contribution in [2.24, 2.45) is 0 Å². The number of pyridine rings is 1. The molecule has 2 heterocycles. The number of anilines is 2. The van der Waals surface area contributed by atoms with Crippen LogP contribution in [-0.4, -0.2) is 23.7 Å². The minimum Gasteiger partial charge on any atom is -0.397 e. The first kappa shape index (κ1) is 12.2. The van der Waals surface area contributed by atoms with Crippen molar-refractivity contribution >= 4 is 22.1 Å². The van der Waals surface area contributed by atoms with Crippen LogP contribution < -0.4 is 11.1 Å². The Kier molecular flexibility index (Phi) is 3.03. The van der Waals surface area contributed by atoms with Gasteiger partial charge in [-0.15, -0.1) is 0 Å². The monoisotopic (exact) mass is 257 g/mol. The number of benzene rings is 1. The van der Waals surface area contributed by atoms with Crippen LogP contribution in [0, 0.1) is 0 Å². The Morgan fingerprint density at radius 2 is 2.05 bits per heavy atom. The zero-order chi connectivity index (χ0) is 13.3. The molecule has 0 aliphatic carbocycles. The number of rotatable bonds is 2. The lowest BCUT2D eigenvalue weighted by Gasteiger charge is -2.36. The van der Waals surface area contributed by atoms with Crippen LogP contribution >= 0.6 is 0 Å². The standard InChI is InChI=1S/C15H19N3O/c1-15(5-8-19-9-6-15)18-13-3-2-11-10-17-7-4-12(11)14(13)16/h2-4,7,10,18H,5-6,8-9,16H2,1H3. The van der Waals surface area contributed by atoms with E-state index >= 15 is 0 Å². The number of hydrogen-bond donors (Lipinski definition) is 2. The summed E-state index contributed by atoms with van der Waals surface area (Å²) in [5.41, 5.74) is 8.14. The van der Waals surface area contributed by atoms with Crippen molar-refractivity contribution in [3.8, 4) is 0 Å². The lowest BCUT2D eigenvalue weighted by atomic mass is 9.92. The van der Waals surface area contributed by atoms with Crippen molar-refractivity contribution in [3.05, 3.63) is 30.6 Å². The van der Waals surface area contributed by atoms with Crippen LogP contribution in [-0.2, 0) is 4.74 Å². The largest absolute Gasteiger partial charge is 0.397 e. The van der Waals surface area contributed by atoms with Gasteiger partial charge in [0.05, 0.1) is 11.4 Å². The lowest BCUT2D eigenvalue weighted by Crippen LogP contribution is -2.40. The maximum atomic E-state index is 6.27. The topological polar surface area (TPSA) is 60.2 Å². The summed E-state index contributed by atoms with van der Waals surface area (Å²) in [5.74, 6) is 0. The summed E-state index contributed by atoms with van der Waals surface area (Å²) < 4.78 is 5.42. The normalized spacial score (nSPS) is 18.4. The Morgan fingerprint density at radius 1 is 1.26 bits per heavy atom. The van der Waals surface area contributed by atoms with Gasteiger partial charge >= 0.3 is 0 Å². The average Bonchev–Trinajstić information content (AvgIpc) is 2.43. The zero-order valence-electron chi connectivity index (χ0n) is 11.1. The van der Waals surface area contributed by atoms with Gasteiger partial charge in [0.1, 0.15) is 0 Å². The molecule has 1 saturated heterocycles. The first-order valence-electron chi connectivity index (χ1n) is 6.66. The van der Waals surface area contributed by atoms with E-state index in [9.17, 15) is 0 Å². The highest BCUT2D eigenvalue weighted by Crippen LogP contribution is 2.32. The minimum absolute atomic E-state index is 0.0626. The molecule has 0 atom stereocenters. The highest BCUT2D eigenvalue weighted by Gasteiger charge is 2.27. The highest BCUT2D eigenvalue weighted by atomic mass is 16.5. The van der Waals surface area contributed by atoms with Crippen LogP contribution in [0.1, 0.15) is 19.8 Å². The molecular formula is C15H19N3O. The van der Waals surface area contributed by atoms with Crippen LogP contribution in [0.4, 0.5) is 11.4 Å². The Hall–Kier alpha value is -1.81. The minimum atomic E-state index is 0.0626. The van der Waals surface area contributed by atoms with Crippen molar-refractivity contribution in [1.82, 2.24) is 4.98 Å². The Labute approximate surface area is 113 Å². The molecule has 0 unspecified atom stereocenters. The van der Waals surface area contributed by atoms with Crippen LogP contribution in [0.5, 0.6) is 0 Å².